The average Bonchev–Trinajstić information content (AvgIpc) is 2.45. The van der Waals surface area contributed by atoms with Crippen LogP contribution in [0.1, 0.15) is 30.5 Å². The number of pyridine rings is 1. The summed E-state index contributed by atoms with van der Waals surface area (Å²) in [5, 5.41) is 3.86. The molecule has 0 aliphatic heterocycles. The van der Waals surface area contributed by atoms with E-state index in [-0.39, 0.29) is 11.9 Å². The van der Waals surface area contributed by atoms with E-state index < -0.39 is 0 Å². The third-order valence-corrected chi connectivity index (χ3v) is 3.88. The molecule has 1 atom stereocenters. The summed E-state index contributed by atoms with van der Waals surface area (Å²) < 4.78 is 14.9. The van der Waals surface area contributed by atoms with Crippen molar-refractivity contribution < 1.29 is 4.39 Å². The first-order valence-electron chi connectivity index (χ1n) is 6.88. The molecule has 2 aromatic rings. The van der Waals surface area contributed by atoms with Gasteiger partial charge in [-0.15, -0.1) is 0 Å². The van der Waals surface area contributed by atoms with Crippen LogP contribution in [0.2, 0.25) is 5.02 Å². The highest BCUT2D eigenvalue weighted by Crippen LogP contribution is 2.23. The van der Waals surface area contributed by atoms with Gasteiger partial charge < -0.3 is 5.32 Å². The predicted molar refractivity (Wildman–Crippen MR) is 88.1 cm³/mol. The second-order valence-corrected chi connectivity index (χ2v) is 6.24. The molecule has 1 aromatic heterocycles. The molecule has 0 fully saturated rings. The molecule has 21 heavy (non-hydrogen) atoms. The lowest BCUT2D eigenvalue weighted by molar-refractivity contribution is 0.511. The number of nitrogens with zero attached hydrogens (tertiary/aromatic N) is 1. The quantitative estimate of drug-likeness (QED) is 0.779. The Morgan fingerprint density at radius 3 is 2.81 bits per heavy atom. The van der Waals surface area contributed by atoms with E-state index in [4.69, 9.17) is 11.6 Å². The molecule has 1 N–H and O–H groups in total. The first kappa shape index (κ1) is 16.4. The molecule has 112 valence electrons. The van der Waals surface area contributed by atoms with Crippen molar-refractivity contribution >= 4 is 27.5 Å². The van der Waals surface area contributed by atoms with E-state index in [0.717, 1.165) is 23.0 Å². The van der Waals surface area contributed by atoms with Crippen molar-refractivity contribution in [2.75, 3.05) is 6.54 Å². The van der Waals surface area contributed by atoms with E-state index >= 15 is 0 Å². The van der Waals surface area contributed by atoms with Gasteiger partial charge in [0.25, 0.3) is 0 Å². The Labute approximate surface area is 137 Å². The summed E-state index contributed by atoms with van der Waals surface area (Å²) in [7, 11) is 0. The Bertz CT molecular complexity index is 607. The fourth-order valence-corrected chi connectivity index (χ4v) is 2.69. The van der Waals surface area contributed by atoms with Crippen molar-refractivity contribution in [3.8, 4) is 0 Å². The summed E-state index contributed by atoms with van der Waals surface area (Å²) in [6.07, 6.45) is 5.12. The van der Waals surface area contributed by atoms with Crippen molar-refractivity contribution in [2.24, 2.45) is 0 Å². The number of hydrogen-bond donors (Lipinski definition) is 1. The monoisotopic (exact) mass is 370 g/mol. The summed E-state index contributed by atoms with van der Waals surface area (Å²) in [5.74, 6) is -0.270. The van der Waals surface area contributed by atoms with Crippen LogP contribution < -0.4 is 5.32 Å². The largest absolute Gasteiger partial charge is 0.310 e. The van der Waals surface area contributed by atoms with Gasteiger partial charge in [0.05, 0.1) is 0 Å². The number of hydrogen-bond acceptors (Lipinski definition) is 2. The van der Waals surface area contributed by atoms with E-state index in [9.17, 15) is 4.39 Å². The average molecular weight is 372 g/mol. The smallest absolute Gasteiger partial charge is 0.127 e. The van der Waals surface area contributed by atoms with E-state index in [1.165, 1.54) is 6.07 Å². The van der Waals surface area contributed by atoms with E-state index in [1.807, 2.05) is 12.3 Å². The van der Waals surface area contributed by atoms with Crippen molar-refractivity contribution in [2.45, 2.75) is 25.8 Å². The summed E-state index contributed by atoms with van der Waals surface area (Å²) in [4.78, 5) is 4.19. The molecule has 2 rings (SSSR count). The van der Waals surface area contributed by atoms with Gasteiger partial charge >= 0.3 is 0 Å². The molecule has 0 spiro atoms. The number of aromatic nitrogens is 1. The van der Waals surface area contributed by atoms with Gasteiger partial charge in [-0.3, -0.25) is 4.98 Å². The zero-order chi connectivity index (χ0) is 15.2. The third kappa shape index (κ3) is 4.77. The minimum Gasteiger partial charge on any atom is -0.310 e. The maximum atomic E-state index is 14.0. The summed E-state index contributed by atoms with van der Waals surface area (Å²) >= 11 is 9.23. The molecular formula is C16H17BrClFN2. The Morgan fingerprint density at radius 1 is 1.33 bits per heavy atom. The van der Waals surface area contributed by atoms with Crippen LogP contribution >= 0.6 is 27.5 Å². The van der Waals surface area contributed by atoms with Gasteiger partial charge in [-0.1, -0.05) is 24.6 Å². The van der Waals surface area contributed by atoms with E-state index in [1.54, 1.807) is 18.3 Å². The standard InChI is InChI=1S/C16H17BrClFN2/c1-2-5-21-16(12-6-13(17)10-20-9-12)7-11-3-4-14(18)8-15(11)19/h3-4,6,8-10,16,21H,2,5,7H2,1H3. The maximum absolute atomic E-state index is 14.0. The van der Waals surface area contributed by atoms with Crippen LogP contribution in [0.3, 0.4) is 0 Å². The lowest BCUT2D eigenvalue weighted by Gasteiger charge is -2.19. The lowest BCUT2D eigenvalue weighted by Crippen LogP contribution is -2.24. The molecule has 1 unspecified atom stereocenters. The summed E-state index contributed by atoms with van der Waals surface area (Å²) in [5.41, 5.74) is 1.68. The predicted octanol–water partition coefficient (Wildman–Crippen LogP) is 4.92. The molecular weight excluding hydrogens is 355 g/mol. The Kier molecular flexibility index (Phi) is 6.15. The third-order valence-electron chi connectivity index (χ3n) is 3.21. The molecule has 0 aliphatic carbocycles. The second kappa shape index (κ2) is 7.87. The zero-order valence-electron chi connectivity index (χ0n) is 11.7. The Morgan fingerprint density at radius 2 is 2.14 bits per heavy atom. The van der Waals surface area contributed by atoms with Crippen molar-refractivity contribution in [3.05, 3.63) is 63.1 Å². The van der Waals surface area contributed by atoms with Gasteiger partial charge in [-0.05, 0) is 64.6 Å². The van der Waals surface area contributed by atoms with Crippen molar-refractivity contribution in [1.29, 1.82) is 0 Å². The summed E-state index contributed by atoms with van der Waals surface area (Å²) in [6, 6.07) is 6.84. The van der Waals surface area contributed by atoms with Crippen LogP contribution in [0, 0.1) is 5.82 Å². The van der Waals surface area contributed by atoms with Crippen LogP contribution in [0.15, 0.2) is 41.1 Å². The highest BCUT2D eigenvalue weighted by atomic mass is 79.9. The first-order valence-corrected chi connectivity index (χ1v) is 8.05. The fourth-order valence-electron chi connectivity index (χ4n) is 2.15. The van der Waals surface area contributed by atoms with Gasteiger partial charge in [0, 0.05) is 27.9 Å². The number of benzene rings is 1. The van der Waals surface area contributed by atoms with Crippen LogP contribution in [-0.2, 0) is 6.42 Å². The van der Waals surface area contributed by atoms with Crippen LogP contribution in [0.5, 0.6) is 0 Å². The normalized spacial score (nSPS) is 12.4. The van der Waals surface area contributed by atoms with Crippen molar-refractivity contribution in [3.63, 3.8) is 0 Å². The topological polar surface area (TPSA) is 24.9 Å². The number of rotatable bonds is 6. The molecule has 0 radical (unpaired) electrons. The molecule has 0 amide bonds. The molecule has 1 aromatic carbocycles. The van der Waals surface area contributed by atoms with Crippen molar-refractivity contribution in [1.82, 2.24) is 10.3 Å². The highest BCUT2D eigenvalue weighted by Gasteiger charge is 2.15. The second-order valence-electron chi connectivity index (χ2n) is 4.88. The fraction of sp³-hybridized carbons (Fsp3) is 0.312. The lowest BCUT2D eigenvalue weighted by atomic mass is 9.99. The first-order chi connectivity index (χ1) is 10.1. The van der Waals surface area contributed by atoms with E-state index in [2.05, 4.69) is 33.2 Å². The molecule has 0 saturated heterocycles. The van der Waals surface area contributed by atoms with E-state index in [0.29, 0.717) is 17.0 Å². The van der Waals surface area contributed by atoms with Gasteiger partial charge in [-0.2, -0.15) is 0 Å². The molecule has 0 aliphatic rings. The number of halogens is 3. The Balaban J connectivity index is 2.23. The molecule has 0 bridgehead atoms. The zero-order valence-corrected chi connectivity index (χ0v) is 14.1. The Hall–Kier alpha value is -0.970. The van der Waals surface area contributed by atoms with Crippen LogP contribution in [-0.4, -0.2) is 11.5 Å². The highest BCUT2D eigenvalue weighted by molar-refractivity contribution is 9.10. The van der Waals surface area contributed by atoms with Crippen LogP contribution in [0.25, 0.3) is 0 Å². The number of nitrogens with one attached hydrogen (secondary N) is 1. The summed E-state index contributed by atoms with van der Waals surface area (Å²) in [6.45, 7) is 2.97. The SMILES string of the molecule is CCCNC(Cc1ccc(Cl)cc1F)c1cncc(Br)c1. The molecule has 5 heteroatoms. The van der Waals surface area contributed by atoms with Crippen LogP contribution in [0.4, 0.5) is 4.39 Å². The van der Waals surface area contributed by atoms with Gasteiger partial charge in [0.1, 0.15) is 5.82 Å². The van der Waals surface area contributed by atoms with Gasteiger partial charge in [0.15, 0.2) is 0 Å². The molecule has 2 nitrogen and oxygen atoms in total. The minimum absolute atomic E-state index is 0.0191. The van der Waals surface area contributed by atoms with Gasteiger partial charge in [0.2, 0.25) is 0 Å². The molecule has 0 saturated carbocycles. The molecule has 1 heterocycles. The van der Waals surface area contributed by atoms with Gasteiger partial charge in [-0.25, -0.2) is 4.39 Å². The maximum Gasteiger partial charge on any atom is 0.127 e. The minimum atomic E-state index is -0.270.